The molecule has 14 heavy (non-hydrogen) atoms. The van der Waals surface area contributed by atoms with Gasteiger partial charge in [0, 0.05) is 16.8 Å². The first-order chi connectivity index (χ1) is 6.36. The molecule has 0 saturated heterocycles. The summed E-state index contributed by atoms with van der Waals surface area (Å²) in [6, 6.07) is 0. The number of rotatable bonds is 2. The molecule has 1 heterocycles. The normalized spacial score (nSPS) is 11.8. The summed E-state index contributed by atoms with van der Waals surface area (Å²) in [6.07, 6.45) is 0. The Morgan fingerprint density at radius 1 is 1.50 bits per heavy atom. The van der Waals surface area contributed by atoms with E-state index in [1.165, 1.54) is 11.3 Å². The molecule has 0 aliphatic rings. The van der Waals surface area contributed by atoms with Crippen molar-refractivity contribution in [2.24, 2.45) is 11.1 Å². The predicted molar refractivity (Wildman–Crippen MR) is 58.5 cm³/mol. The molecular weight excluding hydrogens is 196 g/mol. The Labute approximate surface area is 88.3 Å². The number of nitrogens with zero attached hydrogens (tertiary/aromatic N) is 1. The lowest BCUT2D eigenvalue weighted by molar-refractivity contribution is 0.0858. The van der Waals surface area contributed by atoms with Gasteiger partial charge in [-0.1, -0.05) is 20.8 Å². The monoisotopic (exact) mass is 212 g/mol. The van der Waals surface area contributed by atoms with Gasteiger partial charge in [-0.3, -0.25) is 4.79 Å². The second-order valence-corrected chi connectivity index (χ2v) is 5.39. The fraction of sp³-hybridized carbons (Fsp3) is 0.600. The van der Waals surface area contributed by atoms with Gasteiger partial charge in [-0.2, -0.15) is 0 Å². The standard InChI is InChI=1S/C10H16N2OS/c1-6-7(5-11)14-9(12-6)8(13)10(2,3)4/h5,11H2,1-4H3. The molecule has 0 aliphatic carbocycles. The fourth-order valence-electron chi connectivity index (χ4n) is 1.04. The topological polar surface area (TPSA) is 56.0 Å². The van der Waals surface area contributed by atoms with Crippen LogP contribution in [0.1, 0.15) is 41.1 Å². The van der Waals surface area contributed by atoms with E-state index in [9.17, 15) is 4.79 Å². The zero-order valence-corrected chi connectivity index (χ0v) is 9.86. The fourth-order valence-corrected chi connectivity index (χ4v) is 2.13. The van der Waals surface area contributed by atoms with E-state index < -0.39 is 0 Å². The molecule has 0 spiro atoms. The summed E-state index contributed by atoms with van der Waals surface area (Å²) in [7, 11) is 0. The maximum absolute atomic E-state index is 11.9. The molecule has 0 fully saturated rings. The van der Waals surface area contributed by atoms with Crippen molar-refractivity contribution in [3.8, 4) is 0 Å². The quantitative estimate of drug-likeness (QED) is 0.764. The number of thiazole rings is 1. The lowest BCUT2D eigenvalue weighted by atomic mass is 9.91. The molecule has 0 saturated carbocycles. The van der Waals surface area contributed by atoms with Crippen molar-refractivity contribution in [3.63, 3.8) is 0 Å². The summed E-state index contributed by atoms with van der Waals surface area (Å²) in [5.41, 5.74) is 6.05. The molecular formula is C10H16N2OS. The van der Waals surface area contributed by atoms with Crippen LogP contribution in [0, 0.1) is 12.3 Å². The van der Waals surface area contributed by atoms with Crippen molar-refractivity contribution in [1.29, 1.82) is 0 Å². The van der Waals surface area contributed by atoms with Gasteiger partial charge < -0.3 is 5.73 Å². The number of carbonyl (C=O) groups is 1. The summed E-state index contributed by atoms with van der Waals surface area (Å²) in [5, 5.41) is 0.579. The molecule has 1 rings (SSSR count). The Balaban J connectivity index is 3.03. The smallest absolute Gasteiger partial charge is 0.196 e. The zero-order valence-electron chi connectivity index (χ0n) is 9.05. The molecule has 0 amide bonds. The van der Waals surface area contributed by atoms with Crippen LogP contribution in [0.4, 0.5) is 0 Å². The lowest BCUT2D eigenvalue weighted by Crippen LogP contribution is -2.19. The Kier molecular flexibility index (Phi) is 3.07. The molecule has 2 N–H and O–H groups in total. The third-order valence-corrected chi connectivity index (χ3v) is 3.13. The van der Waals surface area contributed by atoms with Crippen LogP contribution < -0.4 is 5.73 Å². The van der Waals surface area contributed by atoms with E-state index in [1.54, 1.807) is 0 Å². The molecule has 1 aromatic rings. The van der Waals surface area contributed by atoms with Crippen LogP contribution in [-0.2, 0) is 6.54 Å². The Hall–Kier alpha value is -0.740. The van der Waals surface area contributed by atoms with Crippen molar-refractivity contribution in [3.05, 3.63) is 15.6 Å². The lowest BCUT2D eigenvalue weighted by Gasteiger charge is -2.13. The number of aromatic nitrogens is 1. The van der Waals surface area contributed by atoms with E-state index in [0.29, 0.717) is 11.6 Å². The van der Waals surface area contributed by atoms with Crippen LogP contribution in [-0.4, -0.2) is 10.8 Å². The van der Waals surface area contributed by atoms with Gasteiger partial charge in [-0.25, -0.2) is 4.98 Å². The summed E-state index contributed by atoms with van der Waals surface area (Å²) in [4.78, 5) is 17.1. The van der Waals surface area contributed by atoms with Crippen LogP contribution in [0.5, 0.6) is 0 Å². The van der Waals surface area contributed by atoms with E-state index in [1.807, 2.05) is 27.7 Å². The number of aryl methyl sites for hydroxylation is 1. The molecule has 3 nitrogen and oxygen atoms in total. The number of carbonyl (C=O) groups excluding carboxylic acids is 1. The van der Waals surface area contributed by atoms with Gasteiger partial charge in [0.05, 0.1) is 5.69 Å². The molecule has 0 radical (unpaired) electrons. The van der Waals surface area contributed by atoms with Gasteiger partial charge >= 0.3 is 0 Å². The summed E-state index contributed by atoms with van der Waals surface area (Å²) in [6.45, 7) is 8.04. The van der Waals surface area contributed by atoms with Gasteiger partial charge in [-0.15, -0.1) is 11.3 Å². The predicted octanol–water partition coefficient (Wildman–Crippen LogP) is 2.14. The number of hydrogen-bond donors (Lipinski definition) is 1. The van der Waals surface area contributed by atoms with Gasteiger partial charge in [0.2, 0.25) is 0 Å². The molecule has 1 aromatic heterocycles. The third kappa shape index (κ3) is 2.19. The zero-order chi connectivity index (χ0) is 10.9. The minimum atomic E-state index is -0.365. The molecule has 78 valence electrons. The van der Waals surface area contributed by atoms with Crippen molar-refractivity contribution in [2.45, 2.75) is 34.2 Å². The van der Waals surface area contributed by atoms with Gasteiger partial charge in [-0.05, 0) is 6.92 Å². The van der Waals surface area contributed by atoms with Crippen molar-refractivity contribution in [2.75, 3.05) is 0 Å². The summed E-state index contributed by atoms with van der Waals surface area (Å²) >= 11 is 1.41. The number of nitrogens with two attached hydrogens (primary N) is 1. The first-order valence-corrected chi connectivity index (χ1v) is 5.39. The highest BCUT2D eigenvalue weighted by Gasteiger charge is 2.26. The molecule has 0 aromatic carbocycles. The van der Waals surface area contributed by atoms with E-state index in [0.717, 1.165) is 10.6 Å². The molecule has 4 heteroatoms. The van der Waals surface area contributed by atoms with Gasteiger partial charge in [0.25, 0.3) is 0 Å². The average Bonchev–Trinajstić information content (AvgIpc) is 2.43. The minimum Gasteiger partial charge on any atom is -0.326 e. The Morgan fingerprint density at radius 2 is 2.07 bits per heavy atom. The first kappa shape index (κ1) is 11.3. The maximum Gasteiger partial charge on any atom is 0.196 e. The SMILES string of the molecule is Cc1nc(C(=O)C(C)(C)C)sc1CN. The van der Waals surface area contributed by atoms with Gasteiger partial charge in [0.15, 0.2) is 10.8 Å². The number of hydrogen-bond acceptors (Lipinski definition) is 4. The third-order valence-electron chi connectivity index (χ3n) is 1.95. The summed E-state index contributed by atoms with van der Waals surface area (Å²) < 4.78 is 0. The summed E-state index contributed by atoms with van der Waals surface area (Å²) in [5.74, 6) is 0.0882. The first-order valence-electron chi connectivity index (χ1n) is 4.57. The molecule has 0 unspecified atom stereocenters. The van der Waals surface area contributed by atoms with E-state index >= 15 is 0 Å². The highest BCUT2D eigenvalue weighted by Crippen LogP contribution is 2.25. The average molecular weight is 212 g/mol. The second kappa shape index (κ2) is 3.79. The highest BCUT2D eigenvalue weighted by molar-refractivity contribution is 7.13. The van der Waals surface area contributed by atoms with Crippen LogP contribution in [0.3, 0.4) is 0 Å². The van der Waals surface area contributed by atoms with E-state index in [4.69, 9.17) is 5.73 Å². The minimum absolute atomic E-state index is 0.0882. The number of ketones is 1. The molecule has 0 atom stereocenters. The Bertz CT molecular complexity index is 349. The van der Waals surface area contributed by atoms with Crippen LogP contribution in [0.25, 0.3) is 0 Å². The van der Waals surface area contributed by atoms with E-state index in [2.05, 4.69) is 4.98 Å². The molecule has 0 aliphatic heterocycles. The van der Waals surface area contributed by atoms with Crippen molar-refractivity contribution in [1.82, 2.24) is 4.98 Å². The van der Waals surface area contributed by atoms with Crippen LogP contribution in [0.2, 0.25) is 0 Å². The van der Waals surface area contributed by atoms with Crippen molar-refractivity contribution >= 4 is 17.1 Å². The van der Waals surface area contributed by atoms with Crippen LogP contribution in [0.15, 0.2) is 0 Å². The van der Waals surface area contributed by atoms with E-state index in [-0.39, 0.29) is 11.2 Å². The highest BCUT2D eigenvalue weighted by atomic mass is 32.1. The Morgan fingerprint density at radius 3 is 2.43 bits per heavy atom. The largest absolute Gasteiger partial charge is 0.326 e. The second-order valence-electron chi connectivity index (χ2n) is 4.31. The van der Waals surface area contributed by atoms with Crippen LogP contribution >= 0.6 is 11.3 Å². The number of Topliss-reactive ketones (excluding diaryl/α,β-unsaturated/α-hetero) is 1. The van der Waals surface area contributed by atoms with Crippen molar-refractivity contribution < 1.29 is 4.79 Å². The molecule has 0 bridgehead atoms. The van der Waals surface area contributed by atoms with Gasteiger partial charge in [0.1, 0.15) is 0 Å². The maximum atomic E-state index is 11.9.